The molecule has 0 atom stereocenters. The number of para-hydroxylation sites is 1. The molecular formula is C18H19NO4S. The van der Waals surface area contributed by atoms with Gasteiger partial charge in [-0.25, -0.2) is 8.42 Å². The SMILES string of the molecule is C=CCN(C(=O)COc1ccc(S(C)(=O)=O)cc1)c1ccccc1. The molecule has 0 aromatic heterocycles. The molecule has 126 valence electrons. The Hall–Kier alpha value is -2.60. The fourth-order valence-electron chi connectivity index (χ4n) is 2.09. The van der Waals surface area contributed by atoms with E-state index in [0.717, 1.165) is 11.9 Å². The first-order chi connectivity index (χ1) is 11.4. The van der Waals surface area contributed by atoms with E-state index in [1.165, 1.54) is 24.3 Å². The summed E-state index contributed by atoms with van der Waals surface area (Å²) in [5.41, 5.74) is 0.762. The molecule has 0 saturated heterocycles. The largest absolute Gasteiger partial charge is 0.484 e. The van der Waals surface area contributed by atoms with Gasteiger partial charge in [-0.2, -0.15) is 0 Å². The van der Waals surface area contributed by atoms with Gasteiger partial charge in [-0.15, -0.1) is 6.58 Å². The van der Waals surface area contributed by atoms with Crippen molar-refractivity contribution in [2.75, 3.05) is 24.3 Å². The summed E-state index contributed by atoms with van der Waals surface area (Å²) < 4.78 is 28.3. The number of carbonyl (C=O) groups is 1. The molecule has 0 N–H and O–H groups in total. The predicted molar refractivity (Wildman–Crippen MR) is 94.0 cm³/mol. The number of rotatable bonds is 7. The summed E-state index contributed by atoms with van der Waals surface area (Å²) >= 11 is 0. The van der Waals surface area contributed by atoms with Crippen LogP contribution in [0.4, 0.5) is 5.69 Å². The highest BCUT2D eigenvalue weighted by Crippen LogP contribution is 2.17. The Bertz CT molecular complexity index is 799. The smallest absolute Gasteiger partial charge is 0.265 e. The molecule has 0 aliphatic rings. The Morgan fingerprint density at radius 1 is 1.12 bits per heavy atom. The van der Waals surface area contributed by atoms with Gasteiger partial charge in [-0.3, -0.25) is 4.79 Å². The second-order valence-corrected chi connectivity index (χ2v) is 7.18. The van der Waals surface area contributed by atoms with Crippen LogP contribution in [0, 0.1) is 0 Å². The molecule has 0 spiro atoms. The van der Waals surface area contributed by atoms with Crippen LogP contribution >= 0.6 is 0 Å². The normalized spacial score (nSPS) is 10.9. The quantitative estimate of drug-likeness (QED) is 0.724. The Balaban J connectivity index is 2.04. The highest BCUT2D eigenvalue weighted by molar-refractivity contribution is 7.90. The predicted octanol–water partition coefficient (Wildman–Crippen LogP) is 2.69. The summed E-state index contributed by atoms with van der Waals surface area (Å²) in [6, 6.07) is 15.2. The van der Waals surface area contributed by atoms with Crippen LogP contribution in [0.1, 0.15) is 0 Å². The van der Waals surface area contributed by atoms with Crippen molar-refractivity contribution in [2.24, 2.45) is 0 Å². The first-order valence-electron chi connectivity index (χ1n) is 7.31. The maximum Gasteiger partial charge on any atom is 0.265 e. The molecule has 1 amide bonds. The van der Waals surface area contributed by atoms with Crippen molar-refractivity contribution < 1.29 is 17.9 Å². The van der Waals surface area contributed by atoms with Crippen molar-refractivity contribution in [1.29, 1.82) is 0 Å². The minimum Gasteiger partial charge on any atom is -0.484 e. The van der Waals surface area contributed by atoms with Gasteiger partial charge < -0.3 is 9.64 Å². The lowest BCUT2D eigenvalue weighted by molar-refractivity contribution is -0.120. The molecule has 2 aromatic carbocycles. The number of anilines is 1. The van der Waals surface area contributed by atoms with E-state index in [1.807, 2.05) is 30.3 Å². The molecule has 0 bridgehead atoms. The van der Waals surface area contributed by atoms with Gasteiger partial charge in [0.15, 0.2) is 16.4 Å². The third-order valence-electron chi connectivity index (χ3n) is 3.29. The molecule has 0 aliphatic heterocycles. The van der Waals surface area contributed by atoms with Gasteiger partial charge in [0, 0.05) is 18.5 Å². The van der Waals surface area contributed by atoms with E-state index in [0.29, 0.717) is 12.3 Å². The van der Waals surface area contributed by atoms with Gasteiger partial charge >= 0.3 is 0 Å². The minimum absolute atomic E-state index is 0.152. The lowest BCUT2D eigenvalue weighted by atomic mass is 10.3. The molecule has 0 radical (unpaired) electrons. The van der Waals surface area contributed by atoms with Gasteiger partial charge in [0.25, 0.3) is 5.91 Å². The number of sulfone groups is 1. The van der Waals surface area contributed by atoms with Crippen molar-refractivity contribution in [2.45, 2.75) is 4.90 Å². The number of hydrogen-bond acceptors (Lipinski definition) is 4. The van der Waals surface area contributed by atoms with E-state index in [4.69, 9.17) is 4.74 Å². The van der Waals surface area contributed by atoms with E-state index < -0.39 is 9.84 Å². The van der Waals surface area contributed by atoms with Crippen LogP contribution in [0.15, 0.2) is 72.1 Å². The average Bonchev–Trinajstić information content (AvgIpc) is 2.58. The van der Waals surface area contributed by atoms with Gasteiger partial charge in [0.1, 0.15) is 5.75 Å². The van der Waals surface area contributed by atoms with E-state index in [2.05, 4.69) is 6.58 Å². The third-order valence-corrected chi connectivity index (χ3v) is 4.42. The number of benzene rings is 2. The van der Waals surface area contributed by atoms with E-state index in [9.17, 15) is 13.2 Å². The summed E-state index contributed by atoms with van der Waals surface area (Å²) in [5.74, 6) is 0.218. The lowest BCUT2D eigenvalue weighted by Gasteiger charge is -2.21. The van der Waals surface area contributed by atoms with Crippen molar-refractivity contribution >= 4 is 21.4 Å². The summed E-state index contributed by atoms with van der Waals surface area (Å²) in [6.07, 6.45) is 2.78. The zero-order valence-corrected chi connectivity index (χ0v) is 14.2. The van der Waals surface area contributed by atoms with E-state index >= 15 is 0 Å². The van der Waals surface area contributed by atoms with Crippen LogP contribution < -0.4 is 9.64 Å². The molecule has 24 heavy (non-hydrogen) atoms. The minimum atomic E-state index is -3.25. The van der Waals surface area contributed by atoms with Crippen molar-refractivity contribution in [3.63, 3.8) is 0 Å². The molecule has 0 fully saturated rings. The van der Waals surface area contributed by atoms with E-state index in [-0.39, 0.29) is 17.4 Å². The fourth-order valence-corrected chi connectivity index (χ4v) is 2.72. The molecule has 0 unspecified atom stereocenters. The van der Waals surface area contributed by atoms with Crippen molar-refractivity contribution in [1.82, 2.24) is 0 Å². The first kappa shape index (κ1) is 17.7. The number of nitrogens with zero attached hydrogens (tertiary/aromatic N) is 1. The highest BCUT2D eigenvalue weighted by atomic mass is 32.2. The molecule has 2 rings (SSSR count). The standard InChI is InChI=1S/C18H19NO4S/c1-3-13-19(15-7-5-4-6-8-15)18(20)14-23-16-9-11-17(12-10-16)24(2,21)22/h3-12H,1,13-14H2,2H3. The molecule has 2 aromatic rings. The zero-order valence-electron chi connectivity index (χ0n) is 13.4. The van der Waals surface area contributed by atoms with Crippen LogP contribution in [-0.4, -0.2) is 33.7 Å². The number of amides is 1. The van der Waals surface area contributed by atoms with Gasteiger partial charge in [-0.1, -0.05) is 24.3 Å². The summed E-state index contributed by atoms with van der Waals surface area (Å²) in [7, 11) is -3.25. The van der Waals surface area contributed by atoms with Gasteiger partial charge in [0.2, 0.25) is 0 Å². The number of hydrogen-bond donors (Lipinski definition) is 0. The van der Waals surface area contributed by atoms with Crippen LogP contribution in [0.3, 0.4) is 0 Å². The Morgan fingerprint density at radius 2 is 1.75 bits per heavy atom. The first-order valence-corrected chi connectivity index (χ1v) is 9.20. The van der Waals surface area contributed by atoms with Gasteiger partial charge in [-0.05, 0) is 36.4 Å². The molecule has 6 heteroatoms. The summed E-state index contributed by atoms with van der Waals surface area (Å²) in [5, 5.41) is 0. The Labute approximate surface area is 142 Å². The zero-order chi connectivity index (χ0) is 17.6. The second-order valence-electron chi connectivity index (χ2n) is 5.16. The van der Waals surface area contributed by atoms with Crippen LogP contribution in [0.2, 0.25) is 0 Å². The lowest BCUT2D eigenvalue weighted by Crippen LogP contribution is -2.35. The maximum absolute atomic E-state index is 12.4. The third kappa shape index (κ3) is 4.70. The highest BCUT2D eigenvalue weighted by Gasteiger charge is 2.15. The molecule has 0 aliphatic carbocycles. The Kier molecular flexibility index (Phi) is 5.76. The van der Waals surface area contributed by atoms with Crippen molar-refractivity contribution in [3.8, 4) is 5.75 Å². The molecule has 5 nitrogen and oxygen atoms in total. The number of ether oxygens (including phenoxy) is 1. The summed E-state index contributed by atoms with van der Waals surface area (Å²) in [4.78, 5) is 14.2. The van der Waals surface area contributed by atoms with Crippen LogP contribution in [0.25, 0.3) is 0 Å². The monoisotopic (exact) mass is 345 g/mol. The molecule has 0 heterocycles. The second kappa shape index (κ2) is 7.79. The Morgan fingerprint density at radius 3 is 2.29 bits per heavy atom. The topological polar surface area (TPSA) is 63.7 Å². The molecular weight excluding hydrogens is 326 g/mol. The van der Waals surface area contributed by atoms with Crippen LogP contribution in [-0.2, 0) is 14.6 Å². The number of carbonyl (C=O) groups excluding carboxylic acids is 1. The van der Waals surface area contributed by atoms with Gasteiger partial charge in [0.05, 0.1) is 4.90 Å². The molecule has 0 saturated carbocycles. The summed E-state index contributed by atoms with van der Waals surface area (Å²) in [6.45, 7) is 3.89. The van der Waals surface area contributed by atoms with E-state index in [1.54, 1.807) is 11.0 Å². The maximum atomic E-state index is 12.4. The van der Waals surface area contributed by atoms with Crippen molar-refractivity contribution in [3.05, 3.63) is 67.3 Å². The fraction of sp³-hybridized carbons (Fsp3) is 0.167. The average molecular weight is 345 g/mol. The van der Waals surface area contributed by atoms with Crippen LogP contribution in [0.5, 0.6) is 5.75 Å².